The average molecular weight is 291 g/mol. The Morgan fingerprint density at radius 3 is 3.00 bits per heavy atom. The van der Waals surface area contributed by atoms with Gasteiger partial charge in [-0.05, 0) is 47.1 Å². The van der Waals surface area contributed by atoms with Gasteiger partial charge >= 0.3 is 0 Å². The summed E-state index contributed by atoms with van der Waals surface area (Å²) >= 11 is 2.19. The molecule has 2 rings (SSSR count). The van der Waals surface area contributed by atoms with Crippen LogP contribution in [0.25, 0.3) is 0 Å². The molecule has 0 spiro atoms. The summed E-state index contributed by atoms with van der Waals surface area (Å²) in [5, 5.41) is 3.49. The number of rotatable bonds is 4. The van der Waals surface area contributed by atoms with Crippen LogP contribution in [0.15, 0.2) is 16.5 Å². The summed E-state index contributed by atoms with van der Waals surface area (Å²) < 4.78 is 6.42. The summed E-state index contributed by atoms with van der Waals surface area (Å²) in [6.45, 7) is 3.13. The van der Waals surface area contributed by atoms with Gasteiger partial charge in [-0.3, -0.25) is 0 Å². The van der Waals surface area contributed by atoms with Gasteiger partial charge in [0.25, 0.3) is 0 Å². The highest BCUT2D eigenvalue weighted by atomic mass is 127. The summed E-state index contributed by atoms with van der Waals surface area (Å²) in [7, 11) is 0. The Labute approximate surface area is 92.2 Å². The minimum atomic E-state index is 0.743. The van der Waals surface area contributed by atoms with Crippen molar-refractivity contribution in [3.8, 4) is 0 Å². The predicted octanol–water partition coefficient (Wildman–Crippen LogP) is 2.77. The Hall–Kier alpha value is -0.0300. The molecule has 2 atom stereocenters. The van der Waals surface area contributed by atoms with E-state index in [-0.39, 0.29) is 0 Å². The first kappa shape index (κ1) is 9.52. The maximum Gasteiger partial charge on any atom is 0.164 e. The van der Waals surface area contributed by atoms with Crippen molar-refractivity contribution in [2.45, 2.75) is 32.4 Å². The summed E-state index contributed by atoms with van der Waals surface area (Å²) in [6.07, 6.45) is 2.64. The minimum Gasteiger partial charge on any atom is -0.454 e. The molecular formula is C10H14INO. The number of hydrogen-bond acceptors (Lipinski definition) is 2. The maximum atomic E-state index is 5.45. The molecule has 2 nitrogen and oxygen atoms in total. The zero-order chi connectivity index (χ0) is 9.26. The first-order chi connectivity index (χ1) is 6.29. The molecule has 1 aliphatic carbocycles. The number of hydrogen-bond donors (Lipinski definition) is 1. The van der Waals surface area contributed by atoms with E-state index in [1.165, 1.54) is 12.8 Å². The van der Waals surface area contributed by atoms with Gasteiger partial charge < -0.3 is 9.73 Å². The summed E-state index contributed by atoms with van der Waals surface area (Å²) in [4.78, 5) is 0. The van der Waals surface area contributed by atoms with Crippen molar-refractivity contribution >= 4 is 22.6 Å². The van der Waals surface area contributed by atoms with Crippen LogP contribution < -0.4 is 5.32 Å². The zero-order valence-corrected chi connectivity index (χ0v) is 9.87. The van der Waals surface area contributed by atoms with E-state index < -0.39 is 0 Å². The van der Waals surface area contributed by atoms with Crippen molar-refractivity contribution < 1.29 is 4.42 Å². The molecular weight excluding hydrogens is 277 g/mol. The van der Waals surface area contributed by atoms with Gasteiger partial charge in [0.1, 0.15) is 5.76 Å². The lowest BCUT2D eigenvalue weighted by Gasteiger charge is -1.99. The lowest BCUT2D eigenvalue weighted by Crippen LogP contribution is -2.16. The van der Waals surface area contributed by atoms with Crippen molar-refractivity contribution in [2.24, 2.45) is 5.92 Å². The highest BCUT2D eigenvalue weighted by Crippen LogP contribution is 2.33. The van der Waals surface area contributed by atoms with Crippen LogP contribution in [0.1, 0.15) is 25.5 Å². The predicted molar refractivity (Wildman–Crippen MR) is 60.5 cm³/mol. The van der Waals surface area contributed by atoms with E-state index >= 15 is 0 Å². The lowest BCUT2D eigenvalue weighted by molar-refractivity contribution is 0.457. The standard InChI is InChI=1S/C10H14INO/c1-2-7-5-9(7)12-6-8-3-4-10(11)13-8/h3-4,7,9,12H,2,5-6H2,1H3. The van der Waals surface area contributed by atoms with Crippen LogP contribution in [-0.4, -0.2) is 6.04 Å². The molecule has 0 saturated heterocycles. The van der Waals surface area contributed by atoms with Gasteiger partial charge in [-0.15, -0.1) is 0 Å². The van der Waals surface area contributed by atoms with Crippen molar-refractivity contribution in [3.05, 3.63) is 21.7 Å². The molecule has 1 aromatic heterocycles. The lowest BCUT2D eigenvalue weighted by atomic mass is 10.3. The van der Waals surface area contributed by atoms with E-state index in [9.17, 15) is 0 Å². The van der Waals surface area contributed by atoms with Crippen LogP contribution in [-0.2, 0) is 6.54 Å². The first-order valence-electron chi connectivity index (χ1n) is 4.77. The molecule has 0 amide bonds. The van der Waals surface area contributed by atoms with E-state index in [1.54, 1.807) is 0 Å². The molecule has 0 radical (unpaired) electrons. The molecule has 1 aromatic rings. The van der Waals surface area contributed by atoms with Gasteiger partial charge in [-0.2, -0.15) is 0 Å². The van der Waals surface area contributed by atoms with Crippen LogP contribution in [0.5, 0.6) is 0 Å². The largest absolute Gasteiger partial charge is 0.454 e. The van der Waals surface area contributed by atoms with Gasteiger partial charge in [0, 0.05) is 6.04 Å². The number of nitrogens with one attached hydrogen (secondary N) is 1. The van der Waals surface area contributed by atoms with Crippen LogP contribution in [0.2, 0.25) is 0 Å². The molecule has 1 aliphatic rings. The average Bonchev–Trinajstić information content (AvgIpc) is 2.78. The minimum absolute atomic E-state index is 0.743. The fraction of sp³-hybridized carbons (Fsp3) is 0.600. The van der Waals surface area contributed by atoms with Crippen molar-refractivity contribution in [3.63, 3.8) is 0 Å². The molecule has 13 heavy (non-hydrogen) atoms. The fourth-order valence-electron chi connectivity index (χ4n) is 1.63. The third kappa shape index (κ3) is 2.47. The molecule has 2 unspecified atom stereocenters. The Morgan fingerprint density at radius 1 is 1.62 bits per heavy atom. The monoisotopic (exact) mass is 291 g/mol. The second kappa shape index (κ2) is 4.00. The van der Waals surface area contributed by atoms with E-state index in [4.69, 9.17) is 4.42 Å². The van der Waals surface area contributed by atoms with E-state index in [2.05, 4.69) is 34.8 Å². The molecule has 72 valence electrons. The third-order valence-corrected chi connectivity index (χ3v) is 3.19. The van der Waals surface area contributed by atoms with Gasteiger partial charge in [-0.1, -0.05) is 13.3 Å². The van der Waals surface area contributed by atoms with Crippen LogP contribution in [0.4, 0.5) is 0 Å². The first-order valence-corrected chi connectivity index (χ1v) is 5.85. The normalized spacial score (nSPS) is 26.3. The molecule has 0 bridgehead atoms. The zero-order valence-electron chi connectivity index (χ0n) is 7.72. The third-order valence-electron chi connectivity index (χ3n) is 2.61. The molecule has 0 aliphatic heterocycles. The summed E-state index contributed by atoms with van der Waals surface area (Å²) in [5.74, 6) is 1.96. The Balaban J connectivity index is 1.75. The van der Waals surface area contributed by atoms with Gasteiger partial charge in [0.2, 0.25) is 0 Å². The molecule has 1 heterocycles. The SMILES string of the molecule is CCC1CC1NCc1ccc(I)o1. The topological polar surface area (TPSA) is 25.2 Å². The Kier molecular flexibility index (Phi) is 2.93. The van der Waals surface area contributed by atoms with Crippen molar-refractivity contribution in [1.29, 1.82) is 0 Å². The van der Waals surface area contributed by atoms with E-state index in [0.717, 1.165) is 28.0 Å². The highest BCUT2D eigenvalue weighted by Gasteiger charge is 2.34. The number of furan rings is 1. The second-order valence-electron chi connectivity index (χ2n) is 3.60. The Morgan fingerprint density at radius 2 is 2.46 bits per heavy atom. The van der Waals surface area contributed by atoms with E-state index in [1.807, 2.05) is 12.1 Å². The molecule has 3 heteroatoms. The second-order valence-corrected chi connectivity index (χ2v) is 4.66. The van der Waals surface area contributed by atoms with Crippen LogP contribution in [0.3, 0.4) is 0 Å². The quantitative estimate of drug-likeness (QED) is 0.863. The van der Waals surface area contributed by atoms with Crippen molar-refractivity contribution in [1.82, 2.24) is 5.32 Å². The maximum absolute atomic E-state index is 5.45. The smallest absolute Gasteiger partial charge is 0.164 e. The van der Waals surface area contributed by atoms with Gasteiger partial charge in [-0.25, -0.2) is 0 Å². The summed E-state index contributed by atoms with van der Waals surface area (Å²) in [5.41, 5.74) is 0. The van der Waals surface area contributed by atoms with Crippen LogP contribution >= 0.6 is 22.6 Å². The molecule has 1 N–H and O–H groups in total. The summed E-state index contributed by atoms with van der Waals surface area (Å²) in [6, 6.07) is 4.78. The molecule has 0 aromatic carbocycles. The molecule has 1 fully saturated rings. The fourth-order valence-corrected chi connectivity index (χ4v) is 2.09. The van der Waals surface area contributed by atoms with Gasteiger partial charge in [0.05, 0.1) is 6.54 Å². The molecule has 1 saturated carbocycles. The Bertz CT molecular complexity index is 284. The highest BCUT2D eigenvalue weighted by molar-refractivity contribution is 14.1. The van der Waals surface area contributed by atoms with Gasteiger partial charge in [0.15, 0.2) is 3.77 Å². The van der Waals surface area contributed by atoms with Crippen molar-refractivity contribution in [2.75, 3.05) is 0 Å². The number of halogens is 1. The van der Waals surface area contributed by atoms with Crippen LogP contribution in [0, 0.1) is 9.68 Å². The van der Waals surface area contributed by atoms with E-state index in [0.29, 0.717) is 0 Å².